The lowest BCUT2D eigenvalue weighted by Gasteiger charge is -1.75. The molecule has 1 aromatic heterocycles. The molecule has 0 amide bonds. The van der Waals surface area contributed by atoms with Gasteiger partial charge in [-0.2, -0.15) is 0 Å². The van der Waals surface area contributed by atoms with Crippen molar-refractivity contribution in [1.29, 1.82) is 0 Å². The Labute approximate surface area is 71.4 Å². The molecule has 0 unspecified atom stereocenters. The Morgan fingerprint density at radius 3 is 2.80 bits per heavy atom. The van der Waals surface area contributed by atoms with Crippen LogP contribution in [0.3, 0.4) is 0 Å². The van der Waals surface area contributed by atoms with Crippen LogP contribution < -0.4 is 21.5 Å². The minimum Gasteiger partial charge on any atom is -1.00 e. The number of nitrogens with zero attached hydrogens (tertiary/aromatic N) is 1. The van der Waals surface area contributed by atoms with Gasteiger partial charge in [-0.3, -0.25) is 0 Å². The largest absolute Gasteiger partial charge is 1.00 e. The van der Waals surface area contributed by atoms with Gasteiger partial charge in [0.25, 0.3) is 0 Å². The maximum absolute atomic E-state index is 3.62. The van der Waals surface area contributed by atoms with Gasteiger partial charge in [-0.25, -0.2) is 9.55 Å². The molecule has 0 aliphatic carbocycles. The molecular weight excluding hydrogens is 192 g/mol. The summed E-state index contributed by atoms with van der Waals surface area (Å²) in [6, 6.07) is 0. The van der Waals surface area contributed by atoms with Crippen molar-refractivity contribution in [2.24, 2.45) is 0 Å². The first-order valence-corrected chi connectivity index (χ1v) is 3.07. The molecule has 3 heteroatoms. The fraction of sp³-hybridized carbons (Fsp3) is 0.286. The van der Waals surface area contributed by atoms with E-state index in [1.807, 2.05) is 17.1 Å². The van der Waals surface area contributed by atoms with E-state index in [-0.39, 0.29) is 17.0 Å². The molecule has 0 fully saturated rings. The van der Waals surface area contributed by atoms with E-state index in [4.69, 9.17) is 0 Å². The summed E-state index contributed by atoms with van der Waals surface area (Å²) in [7, 11) is 0. The molecule has 10 heavy (non-hydrogen) atoms. The van der Waals surface area contributed by atoms with Gasteiger partial charge in [-0.05, 0) is 0 Å². The van der Waals surface area contributed by atoms with Crippen LogP contribution in [0.4, 0.5) is 0 Å². The topological polar surface area (TPSA) is 19.7 Å². The minimum atomic E-state index is 0. The maximum atomic E-state index is 3.62. The first-order valence-electron chi connectivity index (χ1n) is 3.07. The van der Waals surface area contributed by atoms with Gasteiger partial charge in [0.05, 0.1) is 6.20 Å². The monoisotopic (exact) mass is 202 g/mol. The van der Waals surface area contributed by atoms with E-state index in [9.17, 15) is 0 Å². The number of hydrogen-bond donors (Lipinski definition) is 1. The first-order chi connectivity index (χ1) is 4.36. The van der Waals surface area contributed by atoms with E-state index in [1.54, 1.807) is 6.20 Å². The Morgan fingerprint density at radius 2 is 2.50 bits per heavy atom. The Bertz CT molecular complexity index is 205. The summed E-state index contributed by atoms with van der Waals surface area (Å²) in [5.41, 5.74) is 1.23. The van der Waals surface area contributed by atoms with Crippen molar-refractivity contribution in [3.8, 4) is 0 Å². The highest BCUT2D eigenvalue weighted by molar-refractivity contribution is 4.98. The first kappa shape index (κ1) is 9.43. The van der Waals surface area contributed by atoms with Crippen molar-refractivity contribution < 1.29 is 21.5 Å². The molecule has 56 valence electrons. The molecule has 0 aromatic carbocycles. The maximum Gasteiger partial charge on any atom is 0.246 e. The molecule has 0 aliphatic rings. The van der Waals surface area contributed by atoms with Gasteiger partial charge in [0, 0.05) is 6.42 Å². The summed E-state index contributed by atoms with van der Waals surface area (Å²) in [5.74, 6) is 0. The quantitative estimate of drug-likeness (QED) is 0.535. The molecule has 0 bridgehead atoms. The summed E-state index contributed by atoms with van der Waals surface area (Å²) in [6.07, 6.45) is 6.70. The Balaban J connectivity index is 0.000000810. The second kappa shape index (κ2) is 4.28. The predicted octanol–water partition coefficient (Wildman–Crippen LogP) is -2.03. The second-order valence-corrected chi connectivity index (χ2v) is 1.91. The number of hydrogen-bond acceptors (Lipinski definition) is 0. The fourth-order valence-corrected chi connectivity index (χ4v) is 0.711. The molecule has 1 heterocycles. The predicted molar refractivity (Wildman–Crippen MR) is 36.8 cm³/mol. The van der Waals surface area contributed by atoms with Crippen LogP contribution in [0.1, 0.15) is 12.6 Å². The molecule has 0 radical (unpaired) electrons. The summed E-state index contributed by atoms with van der Waals surface area (Å²) >= 11 is 0. The number of rotatable bonds is 2. The summed E-state index contributed by atoms with van der Waals surface area (Å²) in [5, 5.41) is 0. The molecular formula is C7H11BrN2. The number of H-pyrrole nitrogens is 1. The number of aromatic nitrogens is 2. The average molecular weight is 203 g/mol. The van der Waals surface area contributed by atoms with Gasteiger partial charge in [-0.15, -0.1) is 0 Å². The molecule has 0 atom stereocenters. The minimum absolute atomic E-state index is 0. The number of aryl methyl sites for hydroxylation is 1. The SMILES string of the molecule is C=C[n+]1c[nH]c(CC)c1.[Br-]. The molecule has 2 nitrogen and oxygen atoms in total. The summed E-state index contributed by atoms with van der Waals surface area (Å²) < 4.78 is 1.90. The number of imidazole rings is 1. The molecule has 0 saturated heterocycles. The van der Waals surface area contributed by atoms with Crippen molar-refractivity contribution in [3.05, 3.63) is 24.8 Å². The van der Waals surface area contributed by atoms with Crippen LogP contribution in [0.2, 0.25) is 0 Å². The molecule has 0 saturated carbocycles. The highest BCUT2D eigenvalue weighted by Gasteiger charge is 1.97. The molecule has 1 rings (SSSR count). The van der Waals surface area contributed by atoms with Crippen LogP contribution in [0.25, 0.3) is 6.20 Å². The van der Waals surface area contributed by atoms with Crippen molar-refractivity contribution in [2.45, 2.75) is 13.3 Å². The average Bonchev–Trinajstić information content (AvgIpc) is 2.34. The number of nitrogens with one attached hydrogen (secondary N) is 1. The lowest BCUT2D eigenvalue weighted by atomic mass is 10.4. The van der Waals surface area contributed by atoms with E-state index in [2.05, 4.69) is 18.5 Å². The Hall–Kier alpha value is -0.570. The van der Waals surface area contributed by atoms with Crippen LogP contribution in [-0.4, -0.2) is 4.98 Å². The van der Waals surface area contributed by atoms with E-state index in [0.717, 1.165) is 6.42 Å². The molecule has 0 aliphatic heterocycles. The molecule has 1 aromatic rings. The highest BCUT2D eigenvalue weighted by atomic mass is 79.9. The number of aromatic amines is 1. The molecule has 0 spiro atoms. The zero-order valence-electron chi connectivity index (χ0n) is 5.97. The summed E-state index contributed by atoms with van der Waals surface area (Å²) in [4.78, 5) is 3.10. The van der Waals surface area contributed by atoms with Crippen LogP contribution in [0.5, 0.6) is 0 Å². The van der Waals surface area contributed by atoms with Crippen molar-refractivity contribution in [2.75, 3.05) is 0 Å². The van der Waals surface area contributed by atoms with Gasteiger partial charge in [0.1, 0.15) is 11.9 Å². The Morgan fingerprint density at radius 1 is 1.80 bits per heavy atom. The standard InChI is InChI=1S/C7H10N2.BrH/c1-3-7-5-9(4-2)6-8-7;/h4-6H,2-3H2,1H3;1H. The summed E-state index contributed by atoms with van der Waals surface area (Å²) in [6.45, 7) is 5.73. The van der Waals surface area contributed by atoms with Crippen molar-refractivity contribution in [1.82, 2.24) is 4.98 Å². The third-order valence-electron chi connectivity index (χ3n) is 1.30. The highest BCUT2D eigenvalue weighted by Crippen LogP contribution is 1.88. The zero-order chi connectivity index (χ0) is 6.69. The lowest BCUT2D eigenvalue weighted by Crippen LogP contribution is -3.00. The lowest BCUT2D eigenvalue weighted by molar-refractivity contribution is -0.566. The van der Waals surface area contributed by atoms with E-state index < -0.39 is 0 Å². The second-order valence-electron chi connectivity index (χ2n) is 1.91. The van der Waals surface area contributed by atoms with Gasteiger partial charge >= 0.3 is 0 Å². The molecule has 1 N–H and O–H groups in total. The van der Waals surface area contributed by atoms with Crippen LogP contribution in [0.15, 0.2) is 19.1 Å². The smallest absolute Gasteiger partial charge is 0.246 e. The Kier molecular flexibility index (Phi) is 4.03. The van der Waals surface area contributed by atoms with E-state index in [0.29, 0.717) is 0 Å². The van der Waals surface area contributed by atoms with Crippen molar-refractivity contribution in [3.63, 3.8) is 0 Å². The van der Waals surface area contributed by atoms with E-state index >= 15 is 0 Å². The third kappa shape index (κ3) is 1.99. The fourth-order valence-electron chi connectivity index (χ4n) is 0.711. The van der Waals surface area contributed by atoms with E-state index in [1.165, 1.54) is 5.69 Å². The van der Waals surface area contributed by atoms with Gasteiger partial charge < -0.3 is 17.0 Å². The van der Waals surface area contributed by atoms with Crippen molar-refractivity contribution >= 4 is 6.20 Å². The van der Waals surface area contributed by atoms with Gasteiger partial charge in [0.2, 0.25) is 6.33 Å². The van der Waals surface area contributed by atoms with Gasteiger partial charge in [0.15, 0.2) is 0 Å². The third-order valence-corrected chi connectivity index (χ3v) is 1.30. The van der Waals surface area contributed by atoms with Crippen LogP contribution in [-0.2, 0) is 6.42 Å². The number of halogens is 1. The normalized spacial score (nSPS) is 8.50. The van der Waals surface area contributed by atoms with Crippen LogP contribution >= 0.6 is 0 Å². The zero-order valence-corrected chi connectivity index (χ0v) is 7.56. The van der Waals surface area contributed by atoms with Gasteiger partial charge in [-0.1, -0.05) is 13.5 Å². The van der Waals surface area contributed by atoms with Crippen LogP contribution in [0, 0.1) is 0 Å².